The lowest BCUT2D eigenvalue weighted by Gasteiger charge is -2.17. The van der Waals surface area contributed by atoms with E-state index in [1.165, 1.54) is 24.6 Å². The van der Waals surface area contributed by atoms with Gasteiger partial charge in [0.15, 0.2) is 0 Å². The number of furan rings is 1. The summed E-state index contributed by atoms with van der Waals surface area (Å²) in [6.45, 7) is 4.21. The molecule has 6 heteroatoms. The molecule has 2 aromatic carbocycles. The van der Waals surface area contributed by atoms with E-state index in [0.29, 0.717) is 11.3 Å². The largest absolute Gasteiger partial charge is 0.455 e. The Morgan fingerprint density at radius 3 is 2.59 bits per heavy atom. The van der Waals surface area contributed by atoms with E-state index in [9.17, 15) is 4.79 Å². The molecule has 5 nitrogen and oxygen atoms in total. The number of amides is 1. The highest BCUT2D eigenvalue weighted by Crippen LogP contribution is 2.30. The van der Waals surface area contributed by atoms with Gasteiger partial charge in [-0.1, -0.05) is 22.0 Å². The number of rotatable bonds is 5. The van der Waals surface area contributed by atoms with Crippen molar-refractivity contribution in [1.82, 2.24) is 5.43 Å². The minimum Gasteiger partial charge on any atom is -0.455 e. The molecule has 1 fully saturated rings. The number of carbonyl (C=O) groups excluding carboxylic acids is 1. The van der Waals surface area contributed by atoms with Crippen molar-refractivity contribution in [2.75, 3.05) is 18.0 Å². The molecule has 1 N–H and O–H groups in total. The summed E-state index contributed by atoms with van der Waals surface area (Å²) in [5.74, 6) is 1.06. The van der Waals surface area contributed by atoms with Crippen molar-refractivity contribution in [1.29, 1.82) is 0 Å². The van der Waals surface area contributed by atoms with Crippen LogP contribution >= 0.6 is 15.9 Å². The molecule has 4 rings (SSSR count). The Kier molecular flexibility index (Phi) is 5.81. The lowest BCUT2D eigenvalue weighted by Crippen LogP contribution is -2.19. The Hall–Kier alpha value is -2.86. The van der Waals surface area contributed by atoms with Crippen LogP contribution in [-0.4, -0.2) is 25.2 Å². The second kappa shape index (κ2) is 8.66. The number of benzene rings is 2. The van der Waals surface area contributed by atoms with E-state index in [2.05, 4.69) is 31.4 Å². The predicted octanol–water partition coefficient (Wildman–Crippen LogP) is 5.38. The molecule has 0 unspecified atom stereocenters. The van der Waals surface area contributed by atoms with Crippen LogP contribution in [0.15, 0.2) is 68.6 Å². The number of halogens is 1. The summed E-state index contributed by atoms with van der Waals surface area (Å²) in [7, 11) is 0. The molecule has 2 heterocycles. The highest BCUT2D eigenvalue weighted by Gasteiger charge is 2.13. The molecule has 0 aliphatic carbocycles. The fourth-order valence-electron chi connectivity index (χ4n) is 3.40. The number of hydrogen-bond acceptors (Lipinski definition) is 4. The molecular formula is C23H22BrN3O2. The molecule has 0 bridgehead atoms. The second-order valence-electron chi connectivity index (χ2n) is 7.13. The van der Waals surface area contributed by atoms with E-state index >= 15 is 0 Å². The van der Waals surface area contributed by atoms with Crippen molar-refractivity contribution in [3.63, 3.8) is 0 Å². The number of carbonyl (C=O) groups is 1. The number of hydrazone groups is 1. The maximum absolute atomic E-state index is 12.3. The van der Waals surface area contributed by atoms with Crippen LogP contribution in [0.1, 0.15) is 34.5 Å². The van der Waals surface area contributed by atoms with Crippen LogP contribution in [0.2, 0.25) is 0 Å². The summed E-state index contributed by atoms with van der Waals surface area (Å²) in [6, 6.07) is 17.4. The van der Waals surface area contributed by atoms with E-state index in [4.69, 9.17) is 4.42 Å². The van der Waals surface area contributed by atoms with Crippen molar-refractivity contribution in [2.45, 2.75) is 19.8 Å². The van der Waals surface area contributed by atoms with Gasteiger partial charge in [-0.3, -0.25) is 4.79 Å². The predicted molar refractivity (Wildman–Crippen MR) is 120 cm³/mol. The first-order chi connectivity index (χ1) is 14.1. The van der Waals surface area contributed by atoms with Gasteiger partial charge in [0, 0.05) is 34.4 Å². The Morgan fingerprint density at radius 2 is 1.86 bits per heavy atom. The highest BCUT2D eigenvalue weighted by molar-refractivity contribution is 9.10. The first-order valence-electron chi connectivity index (χ1n) is 9.65. The van der Waals surface area contributed by atoms with Crippen molar-refractivity contribution in [3.05, 3.63) is 76.0 Å². The smallest absolute Gasteiger partial charge is 0.271 e. The monoisotopic (exact) mass is 451 g/mol. The van der Waals surface area contributed by atoms with Crippen LogP contribution in [0.4, 0.5) is 5.69 Å². The van der Waals surface area contributed by atoms with Crippen LogP contribution < -0.4 is 10.3 Å². The van der Waals surface area contributed by atoms with Crippen LogP contribution in [0.25, 0.3) is 11.3 Å². The van der Waals surface area contributed by atoms with E-state index in [1.807, 2.05) is 61.5 Å². The summed E-state index contributed by atoms with van der Waals surface area (Å²) in [5.41, 5.74) is 6.43. The van der Waals surface area contributed by atoms with Gasteiger partial charge in [0.25, 0.3) is 5.91 Å². The fourth-order valence-corrected chi connectivity index (χ4v) is 4.09. The molecule has 0 saturated carbocycles. The summed E-state index contributed by atoms with van der Waals surface area (Å²) in [4.78, 5) is 14.6. The maximum atomic E-state index is 12.3. The van der Waals surface area contributed by atoms with Gasteiger partial charge >= 0.3 is 0 Å². The van der Waals surface area contributed by atoms with Gasteiger partial charge in [-0.05, 0) is 73.9 Å². The van der Waals surface area contributed by atoms with Gasteiger partial charge in [-0.15, -0.1) is 0 Å². The molecule has 0 atom stereocenters. The van der Waals surface area contributed by atoms with Gasteiger partial charge in [-0.2, -0.15) is 5.10 Å². The number of aryl methyl sites for hydroxylation is 1. The third-order valence-electron chi connectivity index (χ3n) is 4.98. The molecule has 1 amide bonds. The summed E-state index contributed by atoms with van der Waals surface area (Å²) in [5, 5.41) is 4.02. The van der Waals surface area contributed by atoms with Crippen LogP contribution in [0.5, 0.6) is 0 Å². The minimum atomic E-state index is -0.248. The quantitative estimate of drug-likeness (QED) is 0.418. The summed E-state index contributed by atoms with van der Waals surface area (Å²) in [6.07, 6.45) is 3.96. The van der Waals surface area contributed by atoms with Crippen molar-refractivity contribution < 1.29 is 9.21 Å². The molecule has 0 radical (unpaired) electrons. The Balaban J connectivity index is 1.37. The second-order valence-corrected chi connectivity index (χ2v) is 7.98. The van der Waals surface area contributed by atoms with E-state index in [0.717, 1.165) is 34.6 Å². The molecule has 3 aromatic rings. The zero-order valence-corrected chi connectivity index (χ0v) is 17.8. The van der Waals surface area contributed by atoms with Crippen molar-refractivity contribution in [3.8, 4) is 11.3 Å². The third-order valence-corrected chi connectivity index (χ3v) is 5.63. The normalized spacial score (nSPS) is 13.9. The lowest BCUT2D eigenvalue weighted by atomic mass is 10.1. The Labute approximate surface area is 178 Å². The minimum absolute atomic E-state index is 0.248. The maximum Gasteiger partial charge on any atom is 0.271 e. The van der Waals surface area contributed by atoms with E-state index in [1.54, 1.807) is 0 Å². The third kappa shape index (κ3) is 4.59. The molecule has 29 heavy (non-hydrogen) atoms. The molecule has 148 valence electrons. The topological polar surface area (TPSA) is 57.8 Å². The highest BCUT2D eigenvalue weighted by atomic mass is 79.9. The average Bonchev–Trinajstić information content (AvgIpc) is 3.40. The SMILES string of the molecule is Cc1ccc(-c2ccc(/C=N/NC(=O)c3ccc(N4CCCC4)cc3)o2)c(Br)c1. The van der Waals surface area contributed by atoms with Crippen LogP contribution in [0.3, 0.4) is 0 Å². The fraction of sp³-hybridized carbons (Fsp3) is 0.217. The zero-order chi connectivity index (χ0) is 20.2. The van der Waals surface area contributed by atoms with Crippen LogP contribution in [-0.2, 0) is 0 Å². The Bertz CT molecular complexity index is 1030. The zero-order valence-electron chi connectivity index (χ0n) is 16.2. The summed E-state index contributed by atoms with van der Waals surface area (Å²) >= 11 is 3.56. The van der Waals surface area contributed by atoms with E-state index < -0.39 is 0 Å². The lowest BCUT2D eigenvalue weighted by molar-refractivity contribution is 0.0955. The van der Waals surface area contributed by atoms with E-state index in [-0.39, 0.29) is 5.91 Å². The van der Waals surface area contributed by atoms with Crippen molar-refractivity contribution >= 4 is 33.7 Å². The number of nitrogens with one attached hydrogen (secondary N) is 1. The number of hydrogen-bond donors (Lipinski definition) is 1. The van der Waals surface area contributed by atoms with Crippen molar-refractivity contribution in [2.24, 2.45) is 5.10 Å². The van der Waals surface area contributed by atoms with Gasteiger partial charge < -0.3 is 9.32 Å². The average molecular weight is 452 g/mol. The molecule has 1 aliphatic heterocycles. The molecular weight excluding hydrogens is 430 g/mol. The van der Waals surface area contributed by atoms with Gasteiger partial charge in [0.05, 0.1) is 6.21 Å². The number of nitrogens with zero attached hydrogens (tertiary/aromatic N) is 2. The Morgan fingerprint density at radius 1 is 1.10 bits per heavy atom. The van der Waals surface area contributed by atoms with Crippen LogP contribution in [0, 0.1) is 6.92 Å². The number of anilines is 1. The molecule has 1 aliphatic rings. The van der Waals surface area contributed by atoms with Gasteiger partial charge in [0.2, 0.25) is 0 Å². The first-order valence-corrected chi connectivity index (χ1v) is 10.4. The summed E-state index contributed by atoms with van der Waals surface area (Å²) < 4.78 is 6.79. The first kappa shape index (κ1) is 19.5. The standard InChI is InChI=1S/C23H22BrN3O2/c1-16-4-10-20(21(24)14-16)22-11-9-19(29-22)15-25-26-23(28)17-5-7-18(8-6-17)27-12-2-3-13-27/h4-11,14-15H,2-3,12-13H2,1H3,(H,26,28)/b25-15+. The van der Waals surface area contributed by atoms with Gasteiger partial charge in [0.1, 0.15) is 11.5 Å². The van der Waals surface area contributed by atoms with Gasteiger partial charge in [-0.25, -0.2) is 5.43 Å². The molecule has 1 aromatic heterocycles. The molecule has 0 spiro atoms. The molecule has 1 saturated heterocycles.